The third-order valence-corrected chi connectivity index (χ3v) is 3.13. The van der Waals surface area contributed by atoms with E-state index in [0.717, 1.165) is 12.5 Å². The normalized spacial score (nSPS) is 16.1. The van der Waals surface area contributed by atoms with Crippen LogP contribution in [0, 0.1) is 5.92 Å². The second-order valence-corrected chi connectivity index (χ2v) is 4.44. The molecule has 0 bridgehead atoms. The quantitative estimate of drug-likeness (QED) is 0.715. The molecule has 0 atom stereocenters. The maximum atomic E-state index is 2.56. The molecule has 1 saturated heterocycles. The molecule has 0 aromatic heterocycles. The molecule has 1 heteroatoms. The van der Waals surface area contributed by atoms with Gasteiger partial charge in [0.1, 0.15) is 0 Å². The molecule has 0 radical (unpaired) electrons. The van der Waals surface area contributed by atoms with Crippen molar-refractivity contribution in [1.82, 2.24) is 4.90 Å². The smallest absolute Gasteiger partial charge is 0.0233 e. The fourth-order valence-electron chi connectivity index (χ4n) is 2.06. The number of likely N-dealkylation sites (tertiary alicyclic amines) is 1. The number of rotatable bonds is 2. The predicted octanol–water partition coefficient (Wildman–Crippen LogP) is 4.97. The highest BCUT2D eigenvalue weighted by Crippen LogP contribution is 2.17. The summed E-state index contributed by atoms with van der Waals surface area (Å²) in [6.07, 6.45) is 2.74. The van der Waals surface area contributed by atoms with Crippen LogP contribution in [-0.2, 0) is 6.54 Å². The SMILES string of the molecule is CC.CC.CC1CCN(Cc2ccccc2)CC1. The zero-order valence-corrected chi connectivity index (χ0v) is 12.9. The van der Waals surface area contributed by atoms with Gasteiger partial charge >= 0.3 is 0 Å². The Morgan fingerprint density at radius 2 is 1.44 bits per heavy atom. The molecule has 1 aliphatic heterocycles. The van der Waals surface area contributed by atoms with Gasteiger partial charge in [-0.2, -0.15) is 0 Å². The summed E-state index contributed by atoms with van der Waals surface area (Å²) in [5.41, 5.74) is 1.45. The molecule has 0 amide bonds. The van der Waals surface area contributed by atoms with Crippen LogP contribution < -0.4 is 0 Å². The van der Waals surface area contributed by atoms with Gasteiger partial charge in [-0.15, -0.1) is 0 Å². The van der Waals surface area contributed by atoms with Gasteiger partial charge in [-0.25, -0.2) is 0 Å². The van der Waals surface area contributed by atoms with Crippen LogP contribution in [0.3, 0.4) is 0 Å². The van der Waals surface area contributed by atoms with Gasteiger partial charge in [0.05, 0.1) is 0 Å². The van der Waals surface area contributed by atoms with Crippen LogP contribution in [0.25, 0.3) is 0 Å². The molecule has 0 saturated carbocycles. The molecule has 0 aliphatic carbocycles. The average molecular weight is 249 g/mol. The minimum atomic E-state index is 0.932. The molecule has 1 aromatic carbocycles. The zero-order valence-electron chi connectivity index (χ0n) is 12.9. The van der Waals surface area contributed by atoms with Crippen molar-refractivity contribution < 1.29 is 0 Å². The predicted molar refractivity (Wildman–Crippen MR) is 82.8 cm³/mol. The van der Waals surface area contributed by atoms with Crippen molar-refractivity contribution in [2.24, 2.45) is 5.92 Å². The number of hydrogen-bond acceptors (Lipinski definition) is 1. The van der Waals surface area contributed by atoms with Gasteiger partial charge in [0.2, 0.25) is 0 Å². The van der Waals surface area contributed by atoms with E-state index in [1.54, 1.807) is 0 Å². The molecular weight excluding hydrogens is 218 g/mol. The van der Waals surface area contributed by atoms with E-state index in [-0.39, 0.29) is 0 Å². The Hall–Kier alpha value is -0.820. The van der Waals surface area contributed by atoms with Gasteiger partial charge in [-0.3, -0.25) is 4.90 Å². The van der Waals surface area contributed by atoms with Crippen molar-refractivity contribution in [3.05, 3.63) is 35.9 Å². The Morgan fingerprint density at radius 1 is 0.944 bits per heavy atom. The first-order valence-electron chi connectivity index (χ1n) is 7.61. The standard InChI is InChI=1S/C13H19N.2C2H6/c1-12-7-9-14(10-8-12)11-13-5-3-2-4-6-13;2*1-2/h2-6,12H,7-11H2,1H3;2*1-2H3. The Morgan fingerprint density at radius 3 is 1.94 bits per heavy atom. The van der Waals surface area contributed by atoms with Crippen LogP contribution >= 0.6 is 0 Å². The Bertz CT molecular complexity index is 260. The van der Waals surface area contributed by atoms with E-state index in [1.165, 1.54) is 31.5 Å². The molecule has 104 valence electrons. The zero-order chi connectivity index (χ0) is 13.8. The summed E-state index contributed by atoms with van der Waals surface area (Å²) < 4.78 is 0. The largest absolute Gasteiger partial charge is 0.299 e. The van der Waals surface area contributed by atoms with Gasteiger partial charge in [0, 0.05) is 6.54 Å². The van der Waals surface area contributed by atoms with E-state index in [9.17, 15) is 0 Å². The number of piperidine rings is 1. The third kappa shape index (κ3) is 6.80. The van der Waals surface area contributed by atoms with Crippen molar-refractivity contribution in [3.63, 3.8) is 0 Å². The highest BCUT2D eigenvalue weighted by molar-refractivity contribution is 5.14. The molecule has 1 nitrogen and oxygen atoms in total. The Labute approximate surface area is 114 Å². The van der Waals surface area contributed by atoms with Crippen molar-refractivity contribution in [2.75, 3.05) is 13.1 Å². The average Bonchev–Trinajstić information content (AvgIpc) is 2.47. The summed E-state index contributed by atoms with van der Waals surface area (Å²) in [6, 6.07) is 10.8. The van der Waals surface area contributed by atoms with Crippen LogP contribution in [-0.4, -0.2) is 18.0 Å². The van der Waals surface area contributed by atoms with Gasteiger partial charge in [0.25, 0.3) is 0 Å². The number of hydrogen-bond donors (Lipinski definition) is 0. The van der Waals surface area contributed by atoms with Gasteiger partial charge in [-0.1, -0.05) is 65.0 Å². The van der Waals surface area contributed by atoms with Gasteiger partial charge in [-0.05, 0) is 37.4 Å². The molecule has 0 N–H and O–H groups in total. The van der Waals surface area contributed by atoms with Crippen molar-refractivity contribution in [3.8, 4) is 0 Å². The van der Waals surface area contributed by atoms with Crippen molar-refractivity contribution in [2.45, 2.75) is 54.0 Å². The minimum Gasteiger partial charge on any atom is -0.299 e. The van der Waals surface area contributed by atoms with E-state index in [4.69, 9.17) is 0 Å². The number of nitrogens with zero attached hydrogens (tertiary/aromatic N) is 1. The fraction of sp³-hybridized carbons (Fsp3) is 0.647. The summed E-state index contributed by atoms with van der Waals surface area (Å²) >= 11 is 0. The highest BCUT2D eigenvalue weighted by Gasteiger charge is 2.15. The number of benzene rings is 1. The van der Waals surface area contributed by atoms with E-state index in [2.05, 4.69) is 42.2 Å². The van der Waals surface area contributed by atoms with Crippen molar-refractivity contribution >= 4 is 0 Å². The Kier molecular flexibility index (Phi) is 10.8. The highest BCUT2D eigenvalue weighted by atomic mass is 15.1. The van der Waals surface area contributed by atoms with Gasteiger partial charge in [0.15, 0.2) is 0 Å². The molecular formula is C17H31N. The maximum absolute atomic E-state index is 2.56. The van der Waals surface area contributed by atoms with E-state index < -0.39 is 0 Å². The second-order valence-electron chi connectivity index (χ2n) is 4.44. The summed E-state index contributed by atoms with van der Waals surface area (Å²) in [5, 5.41) is 0. The van der Waals surface area contributed by atoms with E-state index in [0.29, 0.717) is 0 Å². The molecule has 0 spiro atoms. The summed E-state index contributed by atoms with van der Waals surface area (Å²) in [7, 11) is 0. The molecule has 1 aliphatic rings. The van der Waals surface area contributed by atoms with Crippen LogP contribution in [0.4, 0.5) is 0 Å². The first kappa shape index (κ1) is 17.2. The van der Waals surface area contributed by atoms with Crippen molar-refractivity contribution in [1.29, 1.82) is 0 Å². The first-order valence-corrected chi connectivity index (χ1v) is 7.61. The molecule has 1 aromatic rings. The summed E-state index contributed by atoms with van der Waals surface area (Å²) in [4.78, 5) is 2.56. The lowest BCUT2D eigenvalue weighted by molar-refractivity contribution is 0.185. The topological polar surface area (TPSA) is 3.24 Å². The lowest BCUT2D eigenvalue weighted by Gasteiger charge is -2.30. The molecule has 2 rings (SSSR count). The molecule has 0 unspecified atom stereocenters. The summed E-state index contributed by atoms with van der Waals surface area (Å²) in [5.74, 6) is 0.932. The minimum absolute atomic E-state index is 0.932. The third-order valence-electron chi connectivity index (χ3n) is 3.13. The lowest BCUT2D eigenvalue weighted by Crippen LogP contribution is -2.32. The maximum Gasteiger partial charge on any atom is 0.0233 e. The molecule has 1 heterocycles. The molecule has 18 heavy (non-hydrogen) atoms. The monoisotopic (exact) mass is 249 g/mol. The van der Waals surface area contributed by atoms with Crippen LogP contribution in [0.2, 0.25) is 0 Å². The second kappa shape index (κ2) is 11.3. The van der Waals surface area contributed by atoms with Crippen LogP contribution in [0.5, 0.6) is 0 Å². The van der Waals surface area contributed by atoms with E-state index in [1.807, 2.05) is 27.7 Å². The summed E-state index contributed by atoms with van der Waals surface area (Å²) in [6.45, 7) is 14.0. The fourth-order valence-corrected chi connectivity index (χ4v) is 2.06. The lowest BCUT2D eigenvalue weighted by atomic mass is 9.99. The van der Waals surface area contributed by atoms with Crippen LogP contribution in [0.1, 0.15) is 53.0 Å². The van der Waals surface area contributed by atoms with Gasteiger partial charge < -0.3 is 0 Å². The Balaban J connectivity index is 0.000000659. The first-order chi connectivity index (χ1) is 8.84. The van der Waals surface area contributed by atoms with E-state index >= 15 is 0 Å². The molecule has 1 fully saturated rings. The van der Waals surface area contributed by atoms with Crippen LogP contribution in [0.15, 0.2) is 30.3 Å².